The number of ether oxygens (including phenoxy) is 3. The van der Waals surface area contributed by atoms with Crippen LogP contribution >= 0.6 is 0 Å². The molecule has 1 fully saturated rings. The van der Waals surface area contributed by atoms with Gasteiger partial charge in [0, 0.05) is 5.56 Å². The molecule has 1 aromatic heterocycles. The maximum absolute atomic E-state index is 13.2. The molecular formula is C25H24N2O4. The van der Waals surface area contributed by atoms with Gasteiger partial charge in [0.2, 0.25) is 12.7 Å². The quantitative estimate of drug-likeness (QED) is 0.617. The number of hydrogen-bond donors (Lipinski definition) is 1. The van der Waals surface area contributed by atoms with Gasteiger partial charge in [-0.1, -0.05) is 24.3 Å². The summed E-state index contributed by atoms with van der Waals surface area (Å²) in [5.74, 6) is 2.65. The largest absolute Gasteiger partial charge is 0.490 e. The van der Waals surface area contributed by atoms with Gasteiger partial charge in [-0.25, -0.2) is 4.98 Å². The average Bonchev–Trinajstić information content (AvgIpc) is 3.45. The molecule has 2 aliphatic rings. The zero-order valence-electron chi connectivity index (χ0n) is 17.6. The highest BCUT2D eigenvalue weighted by Gasteiger charge is 2.51. The van der Waals surface area contributed by atoms with Crippen LogP contribution in [-0.4, -0.2) is 23.8 Å². The van der Waals surface area contributed by atoms with Crippen LogP contribution in [-0.2, 0) is 10.2 Å². The smallest absolute Gasteiger partial charge is 0.236 e. The number of benzene rings is 2. The van der Waals surface area contributed by atoms with E-state index in [0.717, 1.165) is 41.2 Å². The molecule has 3 aromatic rings. The molecule has 0 atom stereocenters. The SMILES string of the molecule is CC(C)Oc1ccccc1-c1cccc(NC(=O)C2(c3ccc4c(c3)OCO4)CC2)n1. The van der Waals surface area contributed by atoms with Gasteiger partial charge in [-0.05, 0) is 68.7 Å². The lowest BCUT2D eigenvalue weighted by Crippen LogP contribution is -2.28. The van der Waals surface area contributed by atoms with Crippen molar-refractivity contribution in [3.05, 3.63) is 66.2 Å². The second-order valence-corrected chi connectivity index (χ2v) is 8.18. The van der Waals surface area contributed by atoms with Crippen molar-refractivity contribution >= 4 is 11.7 Å². The summed E-state index contributed by atoms with van der Waals surface area (Å²) in [6, 6.07) is 19.2. The molecular weight excluding hydrogens is 392 g/mol. The van der Waals surface area contributed by atoms with Gasteiger partial charge in [0.15, 0.2) is 11.5 Å². The maximum atomic E-state index is 13.2. The number of carbonyl (C=O) groups is 1. The fraction of sp³-hybridized carbons (Fsp3) is 0.280. The average molecular weight is 416 g/mol. The van der Waals surface area contributed by atoms with E-state index in [-0.39, 0.29) is 18.8 Å². The van der Waals surface area contributed by atoms with Crippen molar-refractivity contribution < 1.29 is 19.0 Å². The molecule has 0 unspecified atom stereocenters. The highest BCUT2D eigenvalue weighted by atomic mass is 16.7. The summed E-state index contributed by atoms with van der Waals surface area (Å²) in [6.45, 7) is 4.20. The Hall–Kier alpha value is -3.54. The van der Waals surface area contributed by atoms with Gasteiger partial charge in [-0.3, -0.25) is 4.79 Å². The number of fused-ring (bicyclic) bond motifs is 1. The summed E-state index contributed by atoms with van der Waals surface area (Å²) in [4.78, 5) is 17.9. The number of amides is 1. The first kappa shape index (κ1) is 19.4. The number of anilines is 1. The van der Waals surface area contributed by atoms with Crippen LogP contribution in [0.15, 0.2) is 60.7 Å². The van der Waals surface area contributed by atoms with Crippen LogP contribution in [0.4, 0.5) is 5.82 Å². The van der Waals surface area contributed by atoms with Crippen molar-refractivity contribution in [2.24, 2.45) is 0 Å². The molecule has 6 nitrogen and oxygen atoms in total. The van der Waals surface area contributed by atoms with Crippen molar-refractivity contribution in [1.29, 1.82) is 0 Å². The highest BCUT2D eigenvalue weighted by Crippen LogP contribution is 2.51. The molecule has 0 radical (unpaired) electrons. The summed E-state index contributed by atoms with van der Waals surface area (Å²) in [6.07, 6.45) is 1.65. The third-order valence-electron chi connectivity index (χ3n) is 5.63. The van der Waals surface area contributed by atoms with Gasteiger partial charge in [0.05, 0.1) is 17.2 Å². The van der Waals surface area contributed by atoms with E-state index in [9.17, 15) is 4.79 Å². The molecule has 5 rings (SSSR count). The van der Waals surface area contributed by atoms with Gasteiger partial charge in [-0.15, -0.1) is 0 Å². The van der Waals surface area contributed by atoms with Crippen molar-refractivity contribution in [2.45, 2.75) is 38.2 Å². The van der Waals surface area contributed by atoms with Crippen molar-refractivity contribution in [2.75, 3.05) is 12.1 Å². The van der Waals surface area contributed by atoms with Crippen LogP contribution in [0.25, 0.3) is 11.3 Å². The molecule has 158 valence electrons. The second kappa shape index (κ2) is 7.61. The van der Waals surface area contributed by atoms with E-state index < -0.39 is 5.41 Å². The first-order valence-corrected chi connectivity index (χ1v) is 10.5. The molecule has 6 heteroatoms. The van der Waals surface area contributed by atoms with E-state index in [4.69, 9.17) is 14.2 Å². The molecule has 2 heterocycles. The third-order valence-corrected chi connectivity index (χ3v) is 5.63. The standard InChI is InChI=1S/C25H24N2O4/c1-16(2)31-20-8-4-3-6-18(20)19-7-5-9-23(26-19)27-24(28)25(12-13-25)17-10-11-21-22(14-17)30-15-29-21/h3-11,14,16H,12-13,15H2,1-2H3,(H,26,27,28). The minimum atomic E-state index is -0.544. The number of carbonyl (C=O) groups excluding carboxylic acids is 1. The molecule has 0 spiro atoms. The Morgan fingerprint density at radius 1 is 1.03 bits per heavy atom. The maximum Gasteiger partial charge on any atom is 0.236 e. The minimum Gasteiger partial charge on any atom is -0.490 e. The second-order valence-electron chi connectivity index (χ2n) is 8.18. The Bertz CT molecular complexity index is 1140. The van der Waals surface area contributed by atoms with Gasteiger partial charge < -0.3 is 19.5 Å². The Morgan fingerprint density at radius 2 is 1.84 bits per heavy atom. The summed E-state index contributed by atoms with van der Waals surface area (Å²) in [7, 11) is 0. The molecule has 2 aromatic carbocycles. The molecule has 1 saturated carbocycles. The summed E-state index contributed by atoms with van der Waals surface area (Å²) < 4.78 is 16.8. The first-order chi connectivity index (χ1) is 15.0. The van der Waals surface area contributed by atoms with Gasteiger partial charge in [-0.2, -0.15) is 0 Å². The number of nitrogens with one attached hydrogen (secondary N) is 1. The van der Waals surface area contributed by atoms with E-state index in [0.29, 0.717) is 11.6 Å². The number of nitrogens with zero attached hydrogens (tertiary/aromatic N) is 1. The summed E-state index contributed by atoms with van der Waals surface area (Å²) in [5, 5.41) is 3.02. The van der Waals surface area contributed by atoms with E-state index in [1.807, 2.05) is 74.5 Å². The first-order valence-electron chi connectivity index (χ1n) is 10.5. The number of pyridine rings is 1. The molecule has 1 aliphatic heterocycles. The zero-order valence-corrected chi connectivity index (χ0v) is 17.6. The number of rotatable bonds is 6. The lowest BCUT2D eigenvalue weighted by Gasteiger charge is -2.17. The number of aromatic nitrogens is 1. The van der Waals surface area contributed by atoms with Gasteiger partial charge in [0.25, 0.3) is 0 Å². The van der Waals surface area contributed by atoms with Crippen molar-refractivity contribution in [1.82, 2.24) is 4.98 Å². The minimum absolute atomic E-state index is 0.0530. The van der Waals surface area contributed by atoms with Crippen molar-refractivity contribution in [3.8, 4) is 28.5 Å². The van der Waals surface area contributed by atoms with E-state index in [1.165, 1.54) is 0 Å². The lowest BCUT2D eigenvalue weighted by atomic mass is 9.94. The topological polar surface area (TPSA) is 69.7 Å². The van der Waals surface area contributed by atoms with Crippen LogP contribution < -0.4 is 19.5 Å². The van der Waals surface area contributed by atoms with E-state index in [1.54, 1.807) is 0 Å². The number of hydrogen-bond acceptors (Lipinski definition) is 5. The third kappa shape index (κ3) is 3.69. The van der Waals surface area contributed by atoms with Gasteiger partial charge >= 0.3 is 0 Å². The molecule has 0 saturated heterocycles. The Kier molecular flexibility index (Phi) is 4.77. The predicted octanol–water partition coefficient (Wildman–Crippen LogP) is 4.93. The molecule has 1 aliphatic carbocycles. The highest BCUT2D eigenvalue weighted by molar-refractivity contribution is 6.01. The molecule has 1 amide bonds. The number of para-hydroxylation sites is 1. The molecule has 31 heavy (non-hydrogen) atoms. The van der Waals surface area contributed by atoms with E-state index >= 15 is 0 Å². The monoisotopic (exact) mass is 416 g/mol. The van der Waals surface area contributed by atoms with E-state index in [2.05, 4.69) is 10.3 Å². The summed E-state index contributed by atoms with van der Waals surface area (Å²) in [5.41, 5.74) is 2.05. The summed E-state index contributed by atoms with van der Waals surface area (Å²) >= 11 is 0. The van der Waals surface area contributed by atoms with Crippen LogP contribution in [0.5, 0.6) is 17.2 Å². The van der Waals surface area contributed by atoms with Crippen LogP contribution in [0.3, 0.4) is 0 Å². The van der Waals surface area contributed by atoms with Gasteiger partial charge in [0.1, 0.15) is 11.6 Å². The fourth-order valence-electron chi connectivity index (χ4n) is 3.89. The Labute approximate surface area is 181 Å². The molecule has 0 bridgehead atoms. The Morgan fingerprint density at radius 3 is 2.65 bits per heavy atom. The normalized spacial score (nSPS) is 15.6. The van der Waals surface area contributed by atoms with Crippen LogP contribution in [0, 0.1) is 0 Å². The fourth-order valence-corrected chi connectivity index (χ4v) is 3.89. The van der Waals surface area contributed by atoms with Crippen LogP contribution in [0.2, 0.25) is 0 Å². The predicted molar refractivity (Wildman–Crippen MR) is 118 cm³/mol. The Balaban J connectivity index is 1.39. The van der Waals surface area contributed by atoms with Crippen molar-refractivity contribution in [3.63, 3.8) is 0 Å². The molecule has 1 N–H and O–H groups in total. The zero-order chi connectivity index (χ0) is 21.4. The van der Waals surface area contributed by atoms with Crippen LogP contribution in [0.1, 0.15) is 32.3 Å². The lowest BCUT2D eigenvalue weighted by molar-refractivity contribution is -0.118.